The summed E-state index contributed by atoms with van der Waals surface area (Å²) in [6, 6.07) is 7.00. The molecule has 0 amide bonds. The average Bonchev–Trinajstić information content (AvgIpc) is 1.93. The number of hydrogen-bond acceptors (Lipinski definition) is 2. The van der Waals surface area contributed by atoms with Gasteiger partial charge in [0.05, 0.1) is 0 Å². The third kappa shape index (κ3) is 2.42. The van der Waals surface area contributed by atoms with Crippen molar-refractivity contribution in [2.45, 2.75) is 6.92 Å². The highest BCUT2D eigenvalue weighted by atomic mass is 16.5. The molecule has 0 aliphatic rings. The number of carbonyl (C=O) groups is 1. The normalized spacial score (nSPS) is 9.27. The van der Waals surface area contributed by atoms with Gasteiger partial charge in [0.15, 0.2) is 0 Å². The van der Waals surface area contributed by atoms with Crippen LogP contribution in [0, 0.1) is 6.92 Å². The maximum absolute atomic E-state index is 10.5. The molecule has 2 heteroatoms. The van der Waals surface area contributed by atoms with Crippen LogP contribution in [0.1, 0.15) is 12.5 Å². The standard InChI is InChI=1S/C9H9O2/c1-7-3-5-9(6-4-7)11-8(2)10/h3-6H,1H2,2H3. The molecule has 0 spiro atoms. The summed E-state index contributed by atoms with van der Waals surface area (Å²) >= 11 is 0. The molecule has 0 heterocycles. The lowest BCUT2D eigenvalue weighted by molar-refractivity contribution is -0.131. The first-order chi connectivity index (χ1) is 5.18. The van der Waals surface area contributed by atoms with Gasteiger partial charge in [-0.3, -0.25) is 4.79 Å². The summed E-state index contributed by atoms with van der Waals surface area (Å²) in [5.41, 5.74) is 0.904. The fourth-order valence-corrected chi connectivity index (χ4v) is 0.723. The van der Waals surface area contributed by atoms with Gasteiger partial charge in [0, 0.05) is 6.92 Å². The lowest BCUT2D eigenvalue weighted by atomic mass is 10.2. The molecule has 0 unspecified atom stereocenters. The summed E-state index contributed by atoms with van der Waals surface area (Å²) in [4.78, 5) is 10.5. The van der Waals surface area contributed by atoms with E-state index in [0.717, 1.165) is 5.56 Å². The van der Waals surface area contributed by atoms with Crippen LogP contribution in [0.2, 0.25) is 0 Å². The molecule has 11 heavy (non-hydrogen) atoms. The van der Waals surface area contributed by atoms with Crippen molar-refractivity contribution < 1.29 is 9.53 Å². The molecule has 0 saturated carbocycles. The summed E-state index contributed by atoms with van der Waals surface area (Å²) < 4.78 is 4.80. The maximum Gasteiger partial charge on any atom is 0.308 e. The Morgan fingerprint density at radius 1 is 1.36 bits per heavy atom. The van der Waals surface area contributed by atoms with Crippen LogP contribution in [-0.4, -0.2) is 5.97 Å². The third-order valence-electron chi connectivity index (χ3n) is 1.18. The van der Waals surface area contributed by atoms with Crippen LogP contribution in [0.15, 0.2) is 24.3 Å². The predicted octanol–water partition coefficient (Wildman–Crippen LogP) is 1.79. The van der Waals surface area contributed by atoms with Crippen LogP contribution < -0.4 is 4.74 Å². The Labute approximate surface area is 65.8 Å². The van der Waals surface area contributed by atoms with Crippen molar-refractivity contribution >= 4 is 5.97 Å². The fourth-order valence-electron chi connectivity index (χ4n) is 0.723. The molecule has 0 aliphatic carbocycles. The van der Waals surface area contributed by atoms with Crippen LogP contribution >= 0.6 is 0 Å². The molecule has 1 rings (SSSR count). The van der Waals surface area contributed by atoms with Crippen molar-refractivity contribution in [3.8, 4) is 5.75 Å². The number of hydrogen-bond donors (Lipinski definition) is 0. The number of rotatable bonds is 1. The Kier molecular flexibility index (Phi) is 2.26. The van der Waals surface area contributed by atoms with Gasteiger partial charge >= 0.3 is 5.97 Å². The van der Waals surface area contributed by atoms with E-state index in [9.17, 15) is 4.79 Å². The highest BCUT2D eigenvalue weighted by Gasteiger charge is 1.94. The van der Waals surface area contributed by atoms with Gasteiger partial charge in [-0.2, -0.15) is 0 Å². The topological polar surface area (TPSA) is 26.3 Å². The van der Waals surface area contributed by atoms with E-state index in [2.05, 4.69) is 6.92 Å². The monoisotopic (exact) mass is 149 g/mol. The van der Waals surface area contributed by atoms with E-state index < -0.39 is 0 Å². The highest BCUT2D eigenvalue weighted by Crippen LogP contribution is 2.10. The van der Waals surface area contributed by atoms with E-state index in [1.807, 2.05) is 0 Å². The van der Waals surface area contributed by atoms with Crippen LogP contribution in [-0.2, 0) is 4.79 Å². The van der Waals surface area contributed by atoms with E-state index in [0.29, 0.717) is 5.75 Å². The molecular formula is C9H9O2. The summed E-state index contributed by atoms with van der Waals surface area (Å²) in [6.45, 7) is 5.07. The van der Waals surface area contributed by atoms with Crippen molar-refractivity contribution in [3.63, 3.8) is 0 Å². The molecule has 0 aliphatic heterocycles. The lowest BCUT2D eigenvalue weighted by Crippen LogP contribution is -2.00. The van der Waals surface area contributed by atoms with E-state index in [1.54, 1.807) is 24.3 Å². The first-order valence-corrected chi connectivity index (χ1v) is 3.29. The molecule has 1 aromatic carbocycles. The molecule has 0 atom stereocenters. The zero-order chi connectivity index (χ0) is 8.27. The Bertz CT molecular complexity index is 249. The molecule has 0 saturated heterocycles. The van der Waals surface area contributed by atoms with Crippen LogP contribution in [0.3, 0.4) is 0 Å². The minimum Gasteiger partial charge on any atom is -0.427 e. The molecule has 1 radical (unpaired) electrons. The van der Waals surface area contributed by atoms with E-state index >= 15 is 0 Å². The second kappa shape index (κ2) is 3.19. The summed E-state index contributed by atoms with van der Waals surface area (Å²) in [7, 11) is 0. The van der Waals surface area contributed by atoms with Crippen molar-refractivity contribution in [3.05, 3.63) is 36.8 Å². The molecule has 0 N–H and O–H groups in total. The van der Waals surface area contributed by atoms with Crippen LogP contribution in [0.4, 0.5) is 0 Å². The van der Waals surface area contributed by atoms with Gasteiger partial charge < -0.3 is 4.74 Å². The minimum atomic E-state index is -0.304. The molecule has 57 valence electrons. The SMILES string of the molecule is [CH2]c1ccc(OC(C)=O)cc1. The van der Waals surface area contributed by atoms with Crippen LogP contribution in [0.25, 0.3) is 0 Å². The predicted molar refractivity (Wildman–Crippen MR) is 42.2 cm³/mol. The Hall–Kier alpha value is -1.31. The molecule has 0 fully saturated rings. The van der Waals surface area contributed by atoms with E-state index in [-0.39, 0.29) is 5.97 Å². The zero-order valence-electron chi connectivity index (χ0n) is 6.33. The van der Waals surface area contributed by atoms with Crippen LogP contribution in [0.5, 0.6) is 5.75 Å². The maximum atomic E-state index is 10.5. The Balaban J connectivity index is 2.74. The average molecular weight is 149 g/mol. The molecule has 1 aromatic rings. The highest BCUT2D eigenvalue weighted by molar-refractivity contribution is 5.69. The number of benzene rings is 1. The largest absolute Gasteiger partial charge is 0.427 e. The van der Waals surface area contributed by atoms with Gasteiger partial charge in [0.25, 0.3) is 0 Å². The Morgan fingerprint density at radius 2 is 1.91 bits per heavy atom. The molecular weight excluding hydrogens is 140 g/mol. The summed E-state index contributed by atoms with van der Waals surface area (Å²) in [5, 5.41) is 0. The van der Waals surface area contributed by atoms with Gasteiger partial charge in [-0.1, -0.05) is 12.1 Å². The summed E-state index contributed by atoms with van der Waals surface area (Å²) in [6.07, 6.45) is 0. The molecule has 2 nitrogen and oxygen atoms in total. The third-order valence-corrected chi connectivity index (χ3v) is 1.18. The number of ether oxygens (including phenoxy) is 1. The summed E-state index contributed by atoms with van der Waals surface area (Å²) in [5.74, 6) is 0.256. The van der Waals surface area contributed by atoms with Crippen molar-refractivity contribution in [2.75, 3.05) is 0 Å². The number of carbonyl (C=O) groups excluding carboxylic acids is 1. The van der Waals surface area contributed by atoms with Gasteiger partial charge in [0.2, 0.25) is 0 Å². The lowest BCUT2D eigenvalue weighted by Gasteiger charge is -1.99. The van der Waals surface area contributed by atoms with Crippen molar-refractivity contribution in [1.29, 1.82) is 0 Å². The van der Waals surface area contributed by atoms with Crippen molar-refractivity contribution in [2.24, 2.45) is 0 Å². The number of esters is 1. The first kappa shape index (κ1) is 7.79. The minimum absolute atomic E-state index is 0.304. The first-order valence-electron chi connectivity index (χ1n) is 3.29. The van der Waals surface area contributed by atoms with Gasteiger partial charge in [-0.15, -0.1) is 0 Å². The second-order valence-electron chi connectivity index (χ2n) is 2.24. The smallest absolute Gasteiger partial charge is 0.308 e. The Morgan fingerprint density at radius 3 is 2.36 bits per heavy atom. The van der Waals surface area contributed by atoms with E-state index in [4.69, 9.17) is 4.74 Å². The zero-order valence-corrected chi connectivity index (χ0v) is 6.33. The van der Waals surface area contributed by atoms with Gasteiger partial charge in [0.1, 0.15) is 5.75 Å². The fraction of sp³-hybridized carbons (Fsp3) is 0.111. The molecule has 0 aromatic heterocycles. The van der Waals surface area contributed by atoms with Crippen molar-refractivity contribution in [1.82, 2.24) is 0 Å². The quantitative estimate of drug-likeness (QED) is 0.449. The second-order valence-corrected chi connectivity index (χ2v) is 2.24. The van der Waals surface area contributed by atoms with Gasteiger partial charge in [-0.25, -0.2) is 0 Å². The van der Waals surface area contributed by atoms with Gasteiger partial charge in [-0.05, 0) is 24.6 Å². The molecule has 0 bridgehead atoms. The van der Waals surface area contributed by atoms with E-state index in [1.165, 1.54) is 6.92 Å².